The van der Waals surface area contributed by atoms with E-state index in [1.54, 1.807) is 6.92 Å². The van der Waals surface area contributed by atoms with E-state index >= 15 is 0 Å². The number of nitrogens with zero attached hydrogens (tertiary/aromatic N) is 1. The number of carbonyl (C=O) groups excluding carboxylic acids is 2. The number of fused-ring (bicyclic) bond motifs is 1. The van der Waals surface area contributed by atoms with Gasteiger partial charge in [0, 0.05) is 19.5 Å². The molecule has 2 rings (SSSR count). The fourth-order valence-electron chi connectivity index (χ4n) is 3.41. The summed E-state index contributed by atoms with van der Waals surface area (Å²) in [4.78, 5) is 26.3. The summed E-state index contributed by atoms with van der Waals surface area (Å²) in [5.41, 5.74) is 2.37. The van der Waals surface area contributed by atoms with Crippen molar-refractivity contribution < 1.29 is 9.59 Å². The van der Waals surface area contributed by atoms with E-state index in [9.17, 15) is 9.59 Å². The molecule has 1 aliphatic rings. The van der Waals surface area contributed by atoms with Gasteiger partial charge in [-0.1, -0.05) is 38.1 Å². The van der Waals surface area contributed by atoms with Crippen LogP contribution in [0.4, 0.5) is 0 Å². The standard InChI is InChI=1S/C20H30N2O2/c1-14(2)9-10-15(3)21-20(24)13-19-18-8-6-5-7-17(18)11-12-22(19)16(4)23/h5-8,14-15,19H,9-13H2,1-4H3,(H,21,24). The van der Waals surface area contributed by atoms with E-state index in [2.05, 4.69) is 32.2 Å². The molecule has 0 bridgehead atoms. The lowest BCUT2D eigenvalue weighted by molar-refractivity contribution is -0.133. The van der Waals surface area contributed by atoms with Crippen LogP contribution in [0.5, 0.6) is 0 Å². The first-order valence-electron chi connectivity index (χ1n) is 9.02. The van der Waals surface area contributed by atoms with Crippen LogP contribution in [0.1, 0.15) is 64.1 Å². The fraction of sp³-hybridized carbons (Fsp3) is 0.600. The molecule has 4 heteroatoms. The molecule has 24 heavy (non-hydrogen) atoms. The first kappa shape index (κ1) is 18.5. The molecule has 0 radical (unpaired) electrons. The Morgan fingerprint density at radius 2 is 1.92 bits per heavy atom. The molecule has 0 spiro atoms. The van der Waals surface area contributed by atoms with E-state index in [0.29, 0.717) is 18.9 Å². The lowest BCUT2D eigenvalue weighted by Gasteiger charge is -2.36. The van der Waals surface area contributed by atoms with Gasteiger partial charge in [0.05, 0.1) is 12.5 Å². The SMILES string of the molecule is CC(=O)N1CCc2ccccc2C1CC(=O)NC(C)CCC(C)C. The number of rotatable bonds is 6. The highest BCUT2D eigenvalue weighted by Crippen LogP contribution is 2.32. The van der Waals surface area contributed by atoms with Crippen LogP contribution in [0.3, 0.4) is 0 Å². The van der Waals surface area contributed by atoms with Crippen molar-refractivity contribution in [2.45, 2.75) is 65.5 Å². The van der Waals surface area contributed by atoms with E-state index in [-0.39, 0.29) is 23.9 Å². The number of benzene rings is 1. The Hall–Kier alpha value is -1.84. The molecular formula is C20H30N2O2. The van der Waals surface area contributed by atoms with Crippen molar-refractivity contribution in [3.05, 3.63) is 35.4 Å². The highest BCUT2D eigenvalue weighted by molar-refractivity contribution is 5.79. The first-order chi connectivity index (χ1) is 11.4. The quantitative estimate of drug-likeness (QED) is 0.868. The third kappa shape index (κ3) is 4.83. The minimum absolute atomic E-state index is 0.0270. The lowest BCUT2D eigenvalue weighted by Crippen LogP contribution is -2.42. The largest absolute Gasteiger partial charge is 0.354 e. The zero-order valence-electron chi connectivity index (χ0n) is 15.3. The Labute approximate surface area is 145 Å². The number of hydrogen-bond donors (Lipinski definition) is 1. The average molecular weight is 330 g/mol. The van der Waals surface area contributed by atoms with Crippen LogP contribution in [0, 0.1) is 5.92 Å². The Bertz CT molecular complexity index is 583. The summed E-state index contributed by atoms with van der Waals surface area (Å²) in [5.74, 6) is 0.706. The maximum Gasteiger partial charge on any atom is 0.222 e. The lowest BCUT2D eigenvalue weighted by atomic mass is 9.90. The van der Waals surface area contributed by atoms with Crippen LogP contribution in [0.2, 0.25) is 0 Å². The van der Waals surface area contributed by atoms with Gasteiger partial charge in [-0.3, -0.25) is 9.59 Å². The summed E-state index contributed by atoms with van der Waals surface area (Å²) in [5, 5.41) is 3.10. The van der Waals surface area contributed by atoms with Crippen LogP contribution in [0.25, 0.3) is 0 Å². The summed E-state index contributed by atoms with van der Waals surface area (Å²) >= 11 is 0. The monoisotopic (exact) mass is 330 g/mol. The average Bonchev–Trinajstić information content (AvgIpc) is 2.52. The van der Waals surface area contributed by atoms with E-state index < -0.39 is 0 Å². The van der Waals surface area contributed by atoms with Gasteiger partial charge >= 0.3 is 0 Å². The first-order valence-corrected chi connectivity index (χ1v) is 9.02. The third-order valence-electron chi connectivity index (χ3n) is 4.78. The van der Waals surface area contributed by atoms with Crippen molar-refractivity contribution >= 4 is 11.8 Å². The van der Waals surface area contributed by atoms with Crippen molar-refractivity contribution in [1.29, 1.82) is 0 Å². The van der Waals surface area contributed by atoms with Gasteiger partial charge in [0.1, 0.15) is 0 Å². The van der Waals surface area contributed by atoms with Crippen molar-refractivity contribution in [1.82, 2.24) is 10.2 Å². The molecule has 1 aromatic carbocycles. The zero-order chi connectivity index (χ0) is 17.7. The number of carbonyl (C=O) groups is 2. The molecular weight excluding hydrogens is 300 g/mol. The minimum atomic E-state index is -0.148. The topological polar surface area (TPSA) is 49.4 Å². The molecule has 132 valence electrons. The molecule has 0 saturated heterocycles. The van der Waals surface area contributed by atoms with E-state index in [4.69, 9.17) is 0 Å². The second-order valence-electron chi connectivity index (χ2n) is 7.32. The number of amides is 2. The van der Waals surface area contributed by atoms with E-state index in [1.165, 1.54) is 5.56 Å². The van der Waals surface area contributed by atoms with E-state index in [1.807, 2.05) is 23.1 Å². The van der Waals surface area contributed by atoms with Gasteiger partial charge in [0.25, 0.3) is 0 Å². The Kier molecular flexibility index (Phi) is 6.41. The summed E-state index contributed by atoms with van der Waals surface area (Å²) in [7, 11) is 0. The molecule has 2 atom stereocenters. The highest BCUT2D eigenvalue weighted by Gasteiger charge is 2.30. The van der Waals surface area contributed by atoms with Gasteiger partial charge in [-0.2, -0.15) is 0 Å². The summed E-state index contributed by atoms with van der Waals surface area (Å²) in [6.07, 6.45) is 3.29. The van der Waals surface area contributed by atoms with Crippen molar-refractivity contribution in [2.75, 3.05) is 6.54 Å². The second-order valence-corrected chi connectivity index (χ2v) is 7.32. The van der Waals surface area contributed by atoms with Gasteiger partial charge in [0.15, 0.2) is 0 Å². The van der Waals surface area contributed by atoms with Crippen molar-refractivity contribution in [3.8, 4) is 0 Å². The summed E-state index contributed by atoms with van der Waals surface area (Å²) in [6.45, 7) is 8.71. The molecule has 2 amide bonds. The number of hydrogen-bond acceptors (Lipinski definition) is 2. The molecule has 0 aromatic heterocycles. The smallest absolute Gasteiger partial charge is 0.222 e. The molecule has 0 fully saturated rings. The highest BCUT2D eigenvalue weighted by atomic mass is 16.2. The van der Waals surface area contributed by atoms with Crippen molar-refractivity contribution in [2.24, 2.45) is 5.92 Å². The van der Waals surface area contributed by atoms with Crippen LogP contribution in [-0.2, 0) is 16.0 Å². The third-order valence-corrected chi connectivity index (χ3v) is 4.78. The summed E-state index contributed by atoms with van der Waals surface area (Å²) < 4.78 is 0. The van der Waals surface area contributed by atoms with Crippen LogP contribution in [-0.4, -0.2) is 29.3 Å². The van der Waals surface area contributed by atoms with Crippen LogP contribution in [0.15, 0.2) is 24.3 Å². The predicted octanol–water partition coefficient (Wildman–Crippen LogP) is 3.46. The van der Waals surface area contributed by atoms with Crippen LogP contribution >= 0.6 is 0 Å². The molecule has 0 aliphatic carbocycles. The van der Waals surface area contributed by atoms with Gasteiger partial charge in [-0.15, -0.1) is 0 Å². The van der Waals surface area contributed by atoms with Gasteiger partial charge in [-0.25, -0.2) is 0 Å². The van der Waals surface area contributed by atoms with Gasteiger partial charge in [-0.05, 0) is 43.2 Å². The van der Waals surface area contributed by atoms with Crippen molar-refractivity contribution in [3.63, 3.8) is 0 Å². The molecule has 0 saturated carbocycles. The molecule has 2 unspecified atom stereocenters. The Balaban J connectivity index is 2.05. The van der Waals surface area contributed by atoms with Gasteiger partial charge < -0.3 is 10.2 Å². The molecule has 1 aliphatic heterocycles. The second kappa shape index (κ2) is 8.32. The number of nitrogens with one attached hydrogen (secondary N) is 1. The fourth-order valence-corrected chi connectivity index (χ4v) is 3.41. The molecule has 4 nitrogen and oxygen atoms in total. The molecule has 1 heterocycles. The maximum atomic E-state index is 12.5. The Morgan fingerprint density at radius 1 is 1.21 bits per heavy atom. The summed E-state index contributed by atoms with van der Waals surface area (Å²) in [6, 6.07) is 8.17. The normalized spacial score (nSPS) is 18.2. The van der Waals surface area contributed by atoms with E-state index in [0.717, 1.165) is 24.8 Å². The van der Waals surface area contributed by atoms with Gasteiger partial charge in [0.2, 0.25) is 11.8 Å². The predicted molar refractivity (Wildman–Crippen MR) is 96.6 cm³/mol. The molecule has 1 aromatic rings. The molecule has 1 N–H and O–H groups in total. The Morgan fingerprint density at radius 3 is 2.58 bits per heavy atom. The zero-order valence-corrected chi connectivity index (χ0v) is 15.3. The minimum Gasteiger partial charge on any atom is -0.354 e. The van der Waals surface area contributed by atoms with Crippen LogP contribution < -0.4 is 5.32 Å². The maximum absolute atomic E-state index is 12.5.